The molecule has 0 bridgehead atoms. The summed E-state index contributed by atoms with van der Waals surface area (Å²) in [5.41, 5.74) is 6.90. The van der Waals surface area contributed by atoms with Gasteiger partial charge in [-0.25, -0.2) is 4.98 Å². The van der Waals surface area contributed by atoms with E-state index in [1.54, 1.807) is 18.5 Å². The number of amidine groups is 1. The van der Waals surface area contributed by atoms with E-state index >= 15 is 0 Å². The van der Waals surface area contributed by atoms with E-state index in [1.165, 1.54) is 0 Å². The Morgan fingerprint density at radius 1 is 1.35 bits per heavy atom. The van der Waals surface area contributed by atoms with Gasteiger partial charge in [-0.15, -0.1) is 0 Å². The number of aromatic nitrogens is 2. The molecule has 0 radical (unpaired) electrons. The largest absolute Gasteiger partial charge is 0.409 e. The third-order valence-electron chi connectivity index (χ3n) is 2.74. The highest BCUT2D eigenvalue weighted by Crippen LogP contribution is 2.26. The van der Waals surface area contributed by atoms with Gasteiger partial charge in [0.15, 0.2) is 5.84 Å². The lowest BCUT2D eigenvalue weighted by atomic mass is 10.2. The molecule has 0 fully saturated rings. The minimum atomic E-state index is -0.0510. The number of halogens is 1. The van der Waals surface area contributed by atoms with Crippen molar-refractivity contribution in [1.82, 2.24) is 9.97 Å². The van der Waals surface area contributed by atoms with Crippen LogP contribution in [0.25, 0.3) is 0 Å². The van der Waals surface area contributed by atoms with Crippen molar-refractivity contribution in [3.63, 3.8) is 0 Å². The molecule has 0 amide bonds. The molecule has 0 aliphatic heterocycles. The van der Waals surface area contributed by atoms with Gasteiger partial charge < -0.3 is 15.8 Å². The lowest BCUT2D eigenvalue weighted by molar-refractivity contribution is 0.318. The van der Waals surface area contributed by atoms with Crippen LogP contribution >= 0.6 is 11.6 Å². The molecule has 2 aromatic heterocycles. The van der Waals surface area contributed by atoms with Crippen LogP contribution in [0.3, 0.4) is 0 Å². The fourth-order valence-corrected chi connectivity index (χ4v) is 2.11. The maximum atomic E-state index is 8.74. The Morgan fingerprint density at radius 2 is 2.15 bits per heavy atom. The van der Waals surface area contributed by atoms with E-state index in [9.17, 15) is 0 Å². The van der Waals surface area contributed by atoms with Gasteiger partial charge in [0.2, 0.25) is 0 Å². The Balaban J connectivity index is 2.29. The number of nitrogens with zero attached hydrogens (tertiary/aromatic N) is 4. The number of pyridine rings is 2. The van der Waals surface area contributed by atoms with Gasteiger partial charge in [-0.2, -0.15) is 0 Å². The zero-order chi connectivity index (χ0) is 14.5. The van der Waals surface area contributed by atoms with Gasteiger partial charge in [0.1, 0.15) is 5.82 Å². The van der Waals surface area contributed by atoms with Crippen LogP contribution in [0, 0.1) is 0 Å². The zero-order valence-electron chi connectivity index (χ0n) is 10.9. The van der Waals surface area contributed by atoms with Crippen LogP contribution in [-0.4, -0.2) is 28.1 Å². The molecule has 0 saturated heterocycles. The Bertz CT molecular complexity index is 617. The van der Waals surface area contributed by atoms with Crippen molar-refractivity contribution < 1.29 is 5.21 Å². The monoisotopic (exact) mass is 291 g/mol. The van der Waals surface area contributed by atoms with Gasteiger partial charge in [0, 0.05) is 25.0 Å². The first-order chi connectivity index (χ1) is 9.63. The minimum absolute atomic E-state index is 0.0510. The van der Waals surface area contributed by atoms with Gasteiger partial charge in [0.25, 0.3) is 0 Å². The summed E-state index contributed by atoms with van der Waals surface area (Å²) < 4.78 is 0. The van der Waals surface area contributed by atoms with Crippen molar-refractivity contribution in [2.45, 2.75) is 6.54 Å². The van der Waals surface area contributed by atoms with Crippen molar-refractivity contribution in [2.24, 2.45) is 10.9 Å². The summed E-state index contributed by atoms with van der Waals surface area (Å²) in [6.07, 6.45) is 3.29. The predicted octanol–water partition coefficient (Wildman–Crippen LogP) is 1.86. The number of anilines is 1. The lowest BCUT2D eigenvalue weighted by Gasteiger charge is -2.19. The summed E-state index contributed by atoms with van der Waals surface area (Å²) in [5, 5.41) is 12.0. The summed E-state index contributed by atoms with van der Waals surface area (Å²) in [6.45, 7) is 0.549. The SMILES string of the molecule is CN(Cc1ccccn1)c1nccc(/C(N)=N/O)c1Cl. The average molecular weight is 292 g/mol. The third-order valence-corrected chi connectivity index (χ3v) is 3.11. The summed E-state index contributed by atoms with van der Waals surface area (Å²) in [6, 6.07) is 7.28. The summed E-state index contributed by atoms with van der Waals surface area (Å²) in [5.74, 6) is 0.492. The molecule has 6 nitrogen and oxygen atoms in total. The molecule has 0 aromatic carbocycles. The third kappa shape index (κ3) is 2.97. The van der Waals surface area contributed by atoms with Gasteiger partial charge in [-0.1, -0.05) is 22.8 Å². The van der Waals surface area contributed by atoms with Crippen molar-refractivity contribution >= 4 is 23.3 Å². The predicted molar refractivity (Wildman–Crippen MR) is 78.1 cm³/mol. The van der Waals surface area contributed by atoms with Crippen molar-refractivity contribution in [1.29, 1.82) is 0 Å². The molecule has 2 aromatic rings. The summed E-state index contributed by atoms with van der Waals surface area (Å²) >= 11 is 6.25. The highest BCUT2D eigenvalue weighted by molar-refractivity contribution is 6.36. The molecular weight excluding hydrogens is 278 g/mol. The maximum Gasteiger partial charge on any atom is 0.171 e. The van der Waals surface area contributed by atoms with E-state index in [2.05, 4.69) is 15.1 Å². The summed E-state index contributed by atoms with van der Waals surface area (Å²) in [7, 11) is 1.85. The minimum Gasteiger partial charge on any atom is -0.409 e. The van der Waals surface area contributed by atoms with E-state index in [4.69, 9.17) is 22.5 Å². The Hall–Kier alpha value is -2.34. The normalized spacial score (nSPS) is 11.4. The molecule has 0 saturated carbocycles. The number of hydrogen-bond donors (Lipinski definition) is 2. The Labute approximate surface area is 121 Å². The molecule has 7 heteroatoms. The topological polar surface area (TPSA) is 87.6 Å². The molecule has 20 heavy (non-hydrogen) atoms. The van der Waals surface area contributed by atoms with Gasteiger partial charge in [-0.05, 0) is 18.2 Å². The second kappa shape index (κ2) is 6.21. The van der Waals surface area contributed by atoms with Crippen LogP contribution in [0.2, 0.25) is 5.02 Å². The van der Waals surface area contributed by atoms with E-state index < -0.39 is 0 Å². The van der Waals surface area contributed by atoms with E-state index in [0.717, 1.165) is 5.69 Å². The first-order valence-corrected chi connectivity index (χ1v) is 6.24. The van der Waals surface area contributed by atoms with Crippen LogP contribution in [-0.2, 0) is 6.54 Å². The number of hydrogen-bond acceptors (Lipinski definition) is 5. The maximum absolute atomic E-state index is 8.74. The fourth-order valence-electron chi connectivity index (χ4n) is 1.76. The van der Waals surface area contributed by atoms with Crippen molar-refractivity contribution in [3.05, 3.63) is 52.9 Å². The second-order valence-corrected chi connectivity index (χ2v) is 4.54. The van der Waals surface area contributed by atoms with Crippen LogP contribution in [0.1, 0.15) is 11.3 Å². The molecule has 0 spiro atoms. The standard InChI is InChI=1S/C13H14ClN5O/c1-19(8-9-4-2-3-6-16-9)13-11(14)10(5-7-17-13)12(15)18-20/h2-7,20H,8H2,1H3,(H2,15,18). The first kappa shape index (κ1) is 14.1. The molecule has 2 heterocycles. The van der Waals surface area contributed by atoms with Gasteiger partial charge in [-0.3, -0.25) is 4.98 Å². The Kier molecular flexibility index (Phi) is 4.37. The number of nitrogens with two attached hydrogens (primary N) is 1. The zero-order valence-corrected chi connectivity index (χ0v) is 11.6. The smallest absolute Gasteiger partial charge is 0.171 e. The van der Waals surface area contributed by atoms with E-state index in [-0.39, 0.29) is 5.84 Å². The molecule has 104 valence electrons. The number of oxime groups is 1. The van der Waals surface area contributed by atoms with Gasteiger partial charge >= 0.3 is 0 Å². The highest BCUT2D eigenvalue weighted by Gasteiger charge is 2.14. The van der Waals surface area contributed by atoms with Crippen molar-refractivity contribution in [3.8, 4) is 0 Å². The average Bonchev–Trinajstić information content (AvgIpc) is 2.47. The van der Waals surface area contributed by atoms with Crippen molar-refractivity contribution in [2.75, 3.05) is 11.9 Å². The lowest BCUT2D eigenvalue weighted by Crippen LogP contribution is -2.21. The molecule has 3 N–H and O–H groups in total. The van der Waals surface area contributed by atoms with Crippen LogP contribution in [0.4, 0.5) is 5.82 Å². The Morgan fingerprint density at radius 3 is 2.80 bits per heavy atom. The van der Waals surface area contributed by atoms with E-state index in [1.807, 2.05) is 30.1 Å². The molecule has 0 aliphatic rings. The van der Waals surface area contributed by atoms with Gasteiger partial charge in [0.05, 0.1) is 17.3 Å². The van der Waals surface area contributed by atoms with Crippen LogP contribution < -0.4 is 10.6 Å². The molecule has 0 atom stereocenters. The fraction of sp³-hybridized carbons (Fsp3) is 0.154. The second-order valence-electron chi connectivity index (χ2n) is 4.16. The molecule has 2 rings (SSSR count). The highest BCUT2D eigenvalue weighted by atomic mass is 35.5. The first-order valence-electron chi connectivity index (χ1n) is 5.87. The van der Waals surface area contributed by atoms with E-state index in [0.29, 0.717) is 22.9 Å². The molecule has 0 aliphatic carbocycles. The van der Waals surface area contributed by atoms with Crippen LogP contribution in [0.15, 0.2) is 41.8 Å². The number of rotatable bonds is 4. The molecular formula is C13H14ClN5O. The van der Waals surface area contributed by atoms with Crippen LogP contribution in [0.5, 0.6) is 0 Å². The quantitative estimate of drug-likeness (QED) is 0.388. The summed E-state index contributed by atoms with van der Waals surface area (Å²) in [4.78, 5) is 10.3. The molecule has 0 unspecified atom stereocenters.